The molecule has 1 unspecified atom stereocenters. The van der Waals surface area contributed by atoms with Crippen LogP contribution in [0.5, 0.6) is 11.5 Å². The van der Waals surface area contributed by atoms with Gasteiger partial charge in [0.25, 0.3) is 0 Å². The number of methoxy groups -OCH3 is 1. The predicted octanol–water partition coefficient (Wildman–Crippen LogP) is 3.69. The minimum absolute atomic E-state index is 0. The first-order valence-electron chi connectivity index (χ1n) is 7.23. The Morgan fingerprint density at radius 2 is 2.09 bits per heavy atom. The molecule has 0 amide bonds. The number of hydrogen-bond donors (Lipinski definition) is 1. The molecule has 1 atom stereocenters. The fraction of sp³-hybridized carbons (Fsp3) is 0.353. The quantitative estimate of drug-likeness (QED) is 0.907. The highest BCUT2D eigenvalue weighted by Crippen LogP contribution is 2.43. The monoisotopic (exact) mass is 356 g/mol. The molecule has 0 saturated carbocycles. The Hall–Kier alpha value is -1.49. The van der Waals surface area contributed by atoms with E-state index in [9.17, 15) is 0 Å². The van der Waals surface area contributed by atoms with Crippen LogP contribution in [0.1, 0.15) is 17.9 Å². The number of para-hydroxylation sites is 1. The van der Waals surface area contributed by atoms with Gasteiger partial charge in [0.15, 0.2) is 0 Å². The first kappa shape index (κ1) is 19.6. The van der Waals surface area contributed by atoms with Crippen LogP contribution >= 0.6 is 24.8 Å². The van der Waals surface area contributed by atoms with Crippen molar-refractivity contribution < 1.29 is 9.47 Å². The number of ether oxygens (including phenoxy) is 2. The van der Waals surface area contributed by atoms with Gasteiger partial charge in [-0.05, 0) is 25.1 Å². The molecule has 4 nitrogen and oxygen atoms in total. The third-order valence-electron chi connectivity index (χ3n) is 3.94. The molecule has 2 heterocycles. The van der Waals surface area contributed by atoms with E-state index in [1.54, 1.807) is 19.5 Å². The zero-order chi connectivity index (χ0) is 14.7. The van der Waals surface area contributed by atoms with Gasteiger partial charge in [0.05, 0.1) is 19.9 Å². The molecule has 0 bridgehead atoms. The Morgan fingerprint density at radius 3 is 2.83 bits per heavy atom. The Bertz CT molecular complexity index is 638. The van der Waals surface area contributed by atoms with E-state index in [2.05, 4.69) is 28.5 Å². The second-order valence-corrected chi connectivity index (χ2v) is 5.19. The van der Waals surface area contributed by atoms with Crippen LogP contribution in [0, 0.1) is 0 Å². The van der Waals surface area contributed by atoms with Crippen LogP contribution in [0.3, 0.4) is 0 Å². The predicted molar refractivity (Wildman–Crippen MR) is 97.5 cm³/mol. The smallest absolute Gasteiger partial charge is 0.145 e. The van der Waals surface area contributed by atoms with E-state index >= 15 is 0 Å². The van der Waals surface area contributed by atoms with E-state index in [-0.39, 0.29) is 24.8 Å². The number of likely N-dealkylation sites (N-methyl/N-ethyl adjacent to an activating group) is 1. The van der Waals surface area contributed by atoms with Crippen LogP contribution < -0.4 is 14.8 Å². The van der Waals surface area contributed by atoms with Gasteiger partial charge in [-0.15, -0.1) is 24.8 Å². The van der Waals surface area contributed by atoms with Gasteiger partial charge in [-0.1, -0.05) is 18.2 Å². The number of halogens is 2. The summed E-state index contributed by atoms with van der Waals surface area (Å²) < 4.78 is 11.4. The Balaban J connectivity index is 0.00000132. The van der Waals surface area contributed by atoms with Gasteiger partial charge < -0.3 is 14.8 Å². The summed E-state index contributed by atoms with van der Waals surface area (Å²) in [6.45, 7) is 1.72. The Morgan fingerprint density at radius 1 is 1.26 bits per heavy atom. The van der Waals surface area contributed by atoms with Gasteiger partial charge in [-0.25, -0.2) is 0 Å². The van der Waals surface area contributed by atoms with Crippen molar-refractivity contribution in [3.63, 3.8) is 0 Å². The van der Waals surface area contributed by atoms with E-state index in [4.69, 9.17) is 9.47 Å². The van der Waals surface area contributed by atoms with E-state index in [0.29, 0.717) is 5.92 Å². The highest BCUT2D eigenvalue weighted by Gasteiger charge is 2.24. The van der Waals surface area contributed by atoms with Gasteiger partial charge in [-0.3, -0.25) is 4.98 Å². The van der Waals surface area contributed by atoms with Gasteiger partial charge >= 0.3 is 0 Å². The molecule has 0 aliphatic carbocycles. The van der Waals surface area contributed by atoms with Crippen molar-refractivity contribution in [2.24, 2.45) is 0 Å². The van der Waals surface area contributed by atoms with Crippen LogP contribution in [0.25, 0.3) is 11.1 Å². The second-order valence-electron chi connectivity index (χ2n) is 5.19. The number of rotatable bonds is 4. The zero-order valence-corrected chi connectivity index (χ0v) is 14.9. The van der Waals surface area contributed by atoms with Crippen LogP contribution in [0.2, 0.25) is 0 Å². The molecule has 1 aliphatic heterocycles. The zero-order valence-electron chi connectivity index (χ0n) is 13.2. The molecule has 1 N–H and O–H groups in total. The molecule has 0 spiro atoms. The van der Waals surface area contributed by atoms with Crippen LogP contribution in [-0.2, 0) is 0 Å². The molecule has 23 heavy (non-hydrogen) atoms. The lowest BCUT2D eigenvalue weighted by molar-refractivity contribution is 0.267. The van der Waals surface area contributed by atoms with E-state index in [1.165, 1.54) is 5.56 Å². The number of fused-ring (bicyclic) bond motifs is 1. The number of nitrogens with one attached hydrogen (secondary N) is 1. The molecule has 0 radical (unpaired) electrons. The summed E-state index contributed by atoms with van der Waals surface area (Å²) in [5.74, 6) is 2.24. The molecule has 0 saturated heterocycles. The lowest BCUT2D eigenvalue weighted by atomic mass is 9.89. The average Bonchev–Trinajstić information content (AvgIpc) is 2.55. The lowest BCUT2D eigenvalue weighted by Crippen LogP contribution is -2.23. The van der Waals surface area contributed by atoms with E-state index in [0.717, 1.165) is 42.2 Å². The van der Waals surface area contributed by atoms with Crippen LogP contribution in [0.15, 0.2) is 36.7 Å². The molecular formula is C17H22Cl2N2O2. The SMILES string of the molecule is CNCC1CCOc2c(-c3ccncc3OC)cccc21.Cl.Cl. The third-order valence-corrected chi connectivity index (χ3v) is 3.94. The first-order valence-corrected chi connectivity index (χ1v) is 7.23. The molecule has 3 rings (SSSR count). The van der Waals surface area contributed by atoms with Gasteiger partial charge in [0.1, 0.15) is 11.5 Å². The summed E-state index contributed by atoms with van der Waals surface area (Å²) in [6, 6.07) is 8.30. The molecule has 126 valence electrons. The van der Waals surface area contributed by atoms with Crippen molar-refractivity contribution in [3.05, 3.63) is 42.2 Å². The van der Waals surface area contributed by atoms with Crippen LogP contribution in [0.4, 0.5) is 0 Å². The summed E-state index contributed by atoms with van der Waals surface area (Å²) in [4.78, 5) is 4.12. The van der Waals surface area contributed by atoms with E-state index < -0.39 is 0 Å². The second kappa shape index (κ2) is 8.96. The van der Waals surface area contributed by atoms with Crippen molar-refractivity contribution in [2.45, 2.75) is 12.3 Å². The van der Waals surface area contributed by atoms with Gasteiger partial charge in [0.2, 0.25) is 0 Å². The fourth-order valence-corrected chi connectivity index (χ4v) is 2.93. The molecule has 1 aliphatic rings. The fourth-order valence-electron chi connectivity index (χ4n) is 2.93. The summed E-state index contributed by atoms with van der Waals surface area (Å²) in [7, 11) is 3.66. The van der Waals surface area contributed by atoms with Crippen molar-refractivity contribution in [1.82, 2.24) is 10.3 Å². The summed E-state index contributed by atoms with van der Waals surface area (Å²) >= 11 is 0. The van der Waals surface area contributed by atoms with Crippen molar-refractivity contribution in [2.75, 3.05) is 27.3 Å². The maximum atomic E-state index is 5.98. The van der Waals surface area contributed by atoms with Crippen molar-refractivity contribution >= 4 is 24.8 Å². The number of benzene rings is 1. The summed E-state index contributed by atoms with van der Waals surface area (Å²) in [6.07, 6.45) is 4.57. The number of nitrogens with zero attached hydrogens (tertiary/aromatic N) is 1. The van der Waals surface area contributed by atoms with E-state index in [1.807, 2.05) is 13.1 Å². The number of pyridine rings is 1. The molecule has 2 aromatic rings. The highest BCUT2D eigenvalue weighted by atomic mass is 35.5. The Kier molecular flexibility index (Phi) is 7.62. The number of hydrogen-bond acceptors (Lipinski definition) is 4. The minimum Gasteiger partial charge on any atom is -0.494 e. The maximum Gasteiger partial charge on any atom is 0.145 e. The van der Waals surface area contributed by atoms with Crippen LogP contribution in [-0.4, -0.2) is 32.3 Å². The van der Waals surface area contributed by atoms with Gasteiger partial charge in [0, 0.05) is 29.8 Å². The third kappa shape index (κ3) is 3.89. The molecular weight excluding hydrogens is 335 g/mol. The topological polar surface area (TPSA) is 43.4 Å². The van der Waals surface area contributed by atoms with Crippen molar-refractivity contribution in [1.29, 1.82) is 0 Å². The standard InChI is InChI=1S/C17H20N2O2.2ClH/c1-18-10-12-7-9-21-17-13(12)4-3-5-15(17)14-6-8-19-11-16(14)20-2;;/h3-6,8,11-12,18H,7,9-10H2,1-2H3;2*1H. The number of aromatic nitrogens is 1. The summed E-state index contributed by atoms with van der Waals surface area (Å²) in [5, 5.41) is 3.27. The average molecular weight is 357 g/mol. The summed E-state index contributed by atoms with van der Waals surface area (Å²) in [5.41, 5.74) is 3.37. The molecule has 6 heteroatoms. The normalized spacial score (nSPS) is 15.5. The lowest BCUT2D eigenvalue weighted by Gasteiger charge is -2.28. The molecule has 0 fully saturated rings. The maximum absolute atomic E-state index is 5.98. The van der Waals surface area contributed by atoms with Gasteiger partial charge in [-0.2, -0.15) is 0 Å². The molecule has 1 aromatic carbocycles. The minimum atomic E-state index is 0. The highest BCUT2D eigenvalue weighted by molar-refractivity contribution is 5.85. The Labute approximate surface area is 149 Å². The first-order chi connectivity index (χ1) is 10.3. The largest absolute Gasteiger partial charge is 0.494 e. The molecule has 1 aromatic heterocycles. The van der Waals surface area contributed by atoms with Crippen molar-refractivity contribution in [3.8, 4) is 22.6 Å².